The first-order valence-corrected chi connectivity index (χ1v) is 5.54. The quantitative estimate of drug-likeness (QED) is 0.758. The predicted molar refractivity (Wildman–Crippen MR) is 66.0 cm³/mol. The number of nitrogens with zero attached hydrogens (tertiary/aromatic N) is 1. The first-order chi connectivity index (χ1) is 8.15. The van der Waals surface area contributed by atoms with Crippen LogP contribution in [0.3, 0.4) is 0 Å². The van der Waals surface area contributed by atoms with E-state index in [1.807, 2.05) is 37.4 Å². The molecular formula is C14H15NO2. The molecule has 0 amide bonds. The van der Waals surface area contributed by atoms with Crippen molar-refractivity contribution >= 4 is 5.97 Å². The first kappa shape index (κ1) is 11.5. The highest BCUT2D eigenvalue weighted by Gasteiger charge is 2.05. The fourth-order valence-corrected chi connectivity index (χ4v) is 1.75. The van der Waals surface area contributed by atoms with Crippen LogP contribution in [0.1, 0.15) is 18.2 Å². The third-order valence-corrected chi connectivity index (χ3v) is 2.54. The van der Waals surface area contributed by atoms with Gasteiger partial charge in [-0.05, 0) is 12.5 Å². The van der Waals surface area contributed by atoms with Gasteiger partial charge in [0.1, 0.15) is 5.75 Å². The highest BCUT2D eigenvalue weighted by molar-refractivity contribution is 5.69. The number of aromatic nitrogens is 1. The van der Waals surface area contributed by atoms with E-state index in [2.05, 4.69) is 16.7 Å². The molecule has 0 bridgehead atoms. The van der Waals surface area contributed by atoms with Gasteiger partial charge in [-0.3, -0.25) is 4.79 Å². The van der Waals surface area contributed by atoms with Crippen molar-refractivity contribution in [3.05, 3.63) is 53.9 Å². The second-order valence-corrected chi connectivity index (χ2v) is 4.02. The Bertz CT molecular complexity index is 514. The molecule has 3 nitrogen and oxygen atoms in total. The molecule has 0 unspecified atom stereocenters. The molecule has 0 fully saturated rings. The molecule has 0 aliphatic carbocycles. The fourth-order valence-electron chi connectivity index (χ4n) is 1.75. The molecular weight excluding hydrogens is 214 g/mol. The standard InChI is InChI=1S/C14H15NO2/c1-11-8-14(17-12(2)16)10-15(11)9-13-6-4-3-5-7-13/h3-8,10H,9H2,1-2H3. The van der Waals surface area contributed by atoms with Crippen LogP contribution in [0, 0.1) is 6.92 Å². The number of rotatable bonds is 3. The number of esters is 1. The van der Waals surface area contributed by atoms with E-state index >= 15 is 0 Å². The first-order valence-electron chi connectivity index (χ1n) is 5.54. The maximum atomic E-state index is 10.9. The Morgan fingerprint density at radius 2 is 2.00 bits per heavy atom. The molecule has 0 N–H and O–H groups in total. The summed E-state index contributed by atoms with van der Waals surface area (Å²) in [4.78, 5) is 10.9. The van der Waals surface area contributed by atoms with Gasteiger partial charge in [0, 0.05) is 31.4 Å². The topological polar surface area (TPSA) is 31.2 Å². The smallest absolute Gasteiger partial charge is 0.308 e. The Labute approximate surface area is 101 Å². The Morgan fingerprint density at radius 1 is 1.29 bits per heavy atom. The Balaban J connectivity index is 2.16. The maximum absolute atomic E-state index is 10.9. The number of hydrogen-bond donors (Lipinski definition) is 0. The van der Waals surface area contributed by atoms with Gasteiger partial charge in [0.25, 0.3) is 0 Å². The third-order valence-electron chi connectivity index (χ3n) is 2.54. The van der Waals surface area contributed by atoms with Crippen molar-refractivity contribution in [2.75, 3.05) is 0 Å². The van der Waals surface area contributed by atoms with Gasteiger partial charge >= 0.3 is 5.97 Å². The SMILES string of the molecule is CC(=O)Oc1cc(C)n(Cc2ccccc2)c1. The van der Waals surface area contributed by atoms with Gasteiger partial charge in [0.2, 0.25) is 0 Å². The number of carbonyl (C=O) groups excluding carboxylic acids is 1. The van der Waals surface area contributed by atoms with Crippen molar-refractivity contribution in [1.29, 1.82) is 0 Å². The van der Waals surface area contributed by atoms with Crippen LogP contribution in [0.2, 0.25) is 0 Å². The van der Waals surface area contributed by atoms with Gasteiger partial charge < -0.3 is 9.30 Å². The van der Waals surface area contributed by atoms with E-state index in [0.29, 0.717) is 5.75 Å². The Morgan fingerprint density at radius 3 is 2.65 bits per heavy atom. The van der Waals surface area contributed by atoms with Crippen molar-refractivity contribution in [1.82, 2.24) is 4.57 Å². The summed E-state index contributed by atoms with van der Waals surface area (Å²) >= 11 is 0. The van der Waals surface area contributed by atoms with Crippen LogP contribution in [-0.4, -0.2) is 10.5 Å². The van der Waals surface area contributed by atoms with E-state index in [4.69, 9.17) is 4.74 Å². The van der Waals surface area contributed by atoms with Gasteiger partial charge in [-0.1, -0.05) is 30.3 Å². The summed E-state index contributed by atoms with van der Waals surface area (Å²) in [6, 6.07) is 12.0. The highest BCUT2D eigenvalue weighted by Crippen LogP contribution is 2.17. The van der Waals surface area contributed by atoms with E-state index < -0.39 is 0 Å². The molecule has 0 atom stereocenters. The lowest BCUT2D eigenvalue weighted by Crippen LogP contribution is -2.01. The van der Waals surface area contributed by atoms with Gasteiger partial charge in [-0.25, -0.2) is 0 Å². The second-order valence-electron chi connectivity index (χ2n) is 4.02. The molecule has 1 heterocycles. The molecule has 88 valence electrons. The monoisotopic (exact) mass is 229 g/mol. The molecule has 1 aromatic carbocycles. The minimum atomic E-state index is -0.290. The molecule has 2 aromatic rings. The molecule has 0 aliphatic heterocycles. The summed E-state index contributed by atoms with van der Waals surface area (Å²) in [6.07, 6.45) is 1.85. The number of aryl methyl sites for hydroxylation is 1. The van der Waals surface area contributed by atoms with Crippen LogP contribution in [0.5, 0.6) is 5.75 Å². The zero-order valence-corrected chi connectivity index (χ0v) is 10.0. The van der Waals surface area contributed by atoms with Crippen LogP contribution < -0.4 is 4.74 Å². The van der Waals surface area contributed by atoms with E-state index in [9.17, 15) is 4.79 Å². The van der Waals surface area contributed by atoms with Crippen molar-refractivity contribution in [3.8, 4) is 5.75 Å². The number of ether oxygens (including phenoxy) is 1. The minimum Gasteiger partial charge on any atom is -0.425 e. The lowest BCUT2D eigenvalue weighted by atomic mass is 10.2. The molecule has 0 saturated carbocycles. The van der Waals surface area contributed by atoms with E-state index in [0.717, 1.165) is 12.2 Å². The Hall–Kier alpha value is -2.03. The summed E-state index contributed by atoms with van der Waals surface area (Å²) in [5.41, 5.74) is 2.30. The van der Waals surface area contributed by atoms with E-state index in [1.165, 1.54) is 12.5 Å². The average molecular weight is 229 g/mol. The third kappa shape index (κ3) is 2.97. The molecule has 0 radical (unpaired) electrons. The summed E-state index contributed by atoms with van der Waals surface area (Å²) in [6.45, 7) is 4.19. The zero-order valence-electron chi connectivity index (χ0n) is 10.0. The van der Waals surface area contributed by atoms with E-state index in [1.54, 1.807) is 0 Å². The van der Waals surface area contributed by atoms with Crippen molar-refractivity contribution in [2.45, 2.75) is 20.4 Å². The van der Waals surface area contributed by atoms with Crippen LogP contribution in [-0.2, 0) is 11.3 Å². The van der Waals surface area contributed by atoms with Gasteiger partial charge in [0.15, 0.2) is 0 Å². The summed E-state index contributed by atoms with van der Waals surface area (Å²) < 4.78 is 7.12. The molecule has 2 rings (SSSR count). The number of hydrogen-bond acceptors (Lipinski definition) is 2. The minimum absolute atomic E-state index is 0.290. The molecule has 0 aliphatic rings. The van der Waals surface area contributed by atoms with Gasteiger partial charge in [-0.15, -0.1) is 0 Å². The summed E-state index contributed by atoms with van der Waals surface area (Å²) in [7, 11) is 0. The van der Waals surface area contributed by atoms with Crippen molar-refractivity contribution < 1.29 is 9.53 Å². The zero-order chi connectivity index (χ0) is 12.3. The molecule has 0 spiro atoms. The Kier molecular flexibility index (Phi) is 3.28. The van der Waals surface area contributed by atoms with Crippen LogP contribution in [0.4, 0.5) is 0 Å². The van der Waals surface area contributed by atoms with Gasteiger partial charge in [0.05, 0.1) is 0 Å². The van der Waals surface area contributed by atoms with Crippen molar-refractivity contribution in [2.24, 2.45) is 0 Å². The lowest BCUT2D eigenvalue weighted by Gasteiger charge is -2.05. The molecule has 17 heavy (non-hydrogen) atoms. The number of benzene rings is 1. The van der Waals surface area contributed by atoms with Crippen molar-refractivity contribution in [3.63, 3.8) is 0 Å². The molecule has 0 saturated heterocycles. The summed E-state index contributed by atoms with van der Waals surface area (Å²) in [5.74, 6) is 0.313. The summed E-state index contributed by atoms with van der Waals surface area (Å²) in [5, 5.41) is 0. The van der Waals surface area contributed by atoms with Crippen LogP contribution >= 0.6 is 0 Å². The average Bonchev–Trinajstić information content (AvgIpc) is 2.59. The van der Waals surface area contributed by atoms with E-state index in [-0.39, 0.29) is 5.97 Å². The van der Waals surface area contributed by atoms with Gasteiger partial charge in [-0.2, -0.15) is 0 Å². The highest BCUT2D eigenvalue weighted by atomic mass is 16.5. The van der Waals surface area contributed by atoms with Crippen LogP contribution in [0.15, 0.2) is 42.6 Å². The van der Waals surface area contributed by atoms with Crippen LogP contribution in [0.25, 0.3) is 0 Å². The predicted octanol–water partition coefficient (Wildman–Crippen LogP) is 2.77. The fraction of sp³-hybridized carbons (Fsp3) is 0.214. The molecule has 1 aromatic heterocycles. The second kappa shape index (κ2) is 4.87. The molecule has 3 heteroatoms. The lowest BCUT2D eigenvalue weighted by molar-refractivity contribution is -0.131. The number of carbonyl (C=O) groups is 1. The maximum Gasteiger partial charge on any atom is 0.308 e. The largest absolute Gasteiger partial charge is 0.425 e. The normalized spacial score (nSPS) is 10.2.